The Morgan fingerprint density at radius 2 is 2.42 bits per heavy atom. The van der Waals surface area contributed by atoms with Crippen molar-refractivity contribution < 1.29 is 0 Å². The van der Waals surface area contributed by atoms with E-state index in [2.05, 4.69) is 4.98 Å². The van der Waals surface area contributed by atoms with Gasteiger partial charge in [-0.1, -0.05) is 17.1 Å². The zero-order valence-electron chi connectivity index (χ0n) is 6.21. The summed E-state index contributed by atoms with van der Waals surface area (Å²) in [6, 6.07) is 3.34. The average molecular weight is 177 g/mol. The van der Waals surface area contributed by atoms with Crippen LogP contribution in [0.3, 0.4) is 0 Å². The average Bonchev–Trinajstić information content (AvgIpc) is 2.08. The van der Waals surface area contributed by atoms with Gasteiger partial charge in [-0.15, -0.1) is 0 Å². The number of halogens is 1. The van der Waals surface area contributed by atoms with Gasteiger partial charge in [0.1, 0.15) is 19.1 Å². The molecule has 0 aromatic carbocycles. The van der Waals surface area contributed by atoms with Gasteiger partial charge in [-0.25, -0.2) is 4.98 Å². The van der Waals surface area contributed by atoms with Gasteiger partial charge in [0, 0.05) is 12.2 Å². The van der Waals surface area contributed by atoms with Crippen molar-refractivity contribution in [3.8, 4) is 6.07 Å². The van der Waals surface area contributed by atoms with Gasteiger partial charge in [0.15, 0.2) is 0 Å². The standard InChI is InChI=1S/C7H5BClN3/c8-5-1-4(2-10)7(9)12-6(5)3-11/h1H,3,11H2. The summed E-state index contributed by atoms with van der Waals surface area (Å²) >= 11 is 5.64. The molecule has 12 heavy (non-hydrogen) atoms. The van der Waals surface area contributed by atoms with Crippen LogP contribution < -0.4 is 11.2 Å². The smallest absolute Gasteiger partial charge is 0.147 e. The molecule has 0 saturated heterocycles. The Balaban J connectivity index is 3.28. The normalized spacial score (nSPS) is 9.42. The molecule has 1 aromatic heterocycles. The summed E-state index contributed by atoms with van der Waals surface area (Å²) in [5.74, 6) is 0. The van der Waals surface area contributed by atoms with Gasteiger partial charge in [0.2, 0.25) is 0 Å². The SMILES string of the molecule is [B]c1cc(C#N)c(Cl)nc1CN. The van der Waals surface area contributed by atoms with Crippen LogP contribution in [0.5, 0.6) is 0 Å². The fourth-order valence-corrected chi connectivity index (χ4v) is 0.982. The van der Waals surface area contributed by atoms with Crippen LogP contribution in [0.1, 0.15) is 11.3 Å². The predicted molar refractivity (Wildman–Crippen MR) is 47.2 cm³/mol. The molecule has 58 valence electrons. The number of pyridine rings is 1. The molecule has 0 unspecified atom stereocenters. The van der Waals surface area contributed by atoms with E-state index >= 15 is 0 Å². The number of aromatic nitrogens is 1. The lowest BCUT2D eigenvalue weighted by atomic mass is 9.93. The minimum absolute atomic E-state index is 0.146. The van der Waals surface area contributed by atoms with Crippen LogP contribution in [-0.2, 0) is 6.54 Å². The molecule has 0 spiro atoms. The van der Waals surface area contributed by atoms with Crippen molar-refractivity contribution >= 4 is 24.9 Å². The summed E-state index contributed by atoms with van der Waals surface area (Å²) in [6.45, 7) is 0.220. The van der Waals surface area contributed by atoms with E-state index in [4.69, 9.17) is 30.4 Å². The first kappa shape index (κ1) is 9.05. The molecule has 0 amide bonds. The van der Waals surface area contributed by atoms with Gasteiger partial charge < -0.3 is 5.73 Å². The fraction of sp³-hybridized carbons (Fsp3) is 0.143. The lowest BCUT2D eigenvalue weighted by molar-refractivity contribution is 1.00. The van der Waals surface area contributed by atoms with Crippen molar-refractivity contribution in [2.24, 2.45) is 5.73 Å². The Hall–Kier alpha value is -1.05. The lowest BCUT2D eigenvalue weighted by Crippen LogP contribution is -2.17. The van der Waals surface area contributed by atoms with Crippen molar-refractivity contribution in [1.82, 2.24) is 4.98 Å². The summed E-state index contributed by atoms with van der Waals surface area (Å²) in [6.07, 6.45) is 0. The van der Waals surface area contributed by atoms with Crippen molar-refractivity contribution in [3.63, 3.8) is 0 Å². The molecule has 1 rings (SSSR count). The summed E-state index contributed by atoms with van der Waals surface area (Å²) in [5, 5.41) is 8.69. The Morgan fingerprint density at radius 1 is 1.75 bits per heavy atom. The van der Waals surface area contributed by atoms with Crippen LogP contribution in [0.4, 0.5) is 0 Å². The first-order valence-electron chi connectivity index (χ1n) is 3.24. The van der Waals surface area contributed by atoms with Gasteiger partial charge in [0.05, 0.1) is 5.56 Å². The highest BCUT2D eigenvalue weighted by Gasteiger charge is 2.04. The molecule has 3 nitrogen and oxygen atoms in total. The molecule has 0 aliphatic heterocycles. The molecule has 2 N–H and O–H groups in total. The number of hydrogen-bond acceptors (Lipinski definition) is 3. The largest absolute Gasteiger partial charge is 0.325 e. The Bertz CT molecular complexity index is 344. The molecule has 1 heterocycles. The summed E-state index contributed by atoms with van der Waals surface area (Å²) < 4.78 is 0. The minimum Gasteiger partial charge on any atom is -0.325 e. The maximum absolute atomic E-state index is 8.55. The molecule has 5 heteroatoms. The molecule has 0 bridgehead atoms. The quantitative estimate of drug-likeness (QED) is 0.480. The number of nitrogens with zero attached hydrogens (tertiary/aromatic N) is 2. The maximum Gasteiger partial charge on any atom is 0.147 e. The third kappa shape index (κ3) is 1.58. The van der Waals surface area contributed by atoms with E-state index in [0.29, 0.717) is 11.2 Å². The van der Waals surface area contributed by atoms with Gasteiger partial charge in [0.25, 0.3) is 0 Å². The van der Waals surface area contributed by atoms with E-state index in [0.717, 1.165) is 0 Å². The molecule has 0 fully saturated rings. The molecular weight excluding hydrogens is 172 g/mol. The lowest BCUT2D eigenvalue weighted by Gasteiger charge is -2.03. The second-order valence-electron chi connectivity index (χ2n) is 2.18. The summed E-state index contributed by atoms with van der Waals surface area (Å²) in [5.41, 5.74) is 6.51. The van der Waals surface area contributed by atoms with Crippen LogP contribution in [-0.4, -0.2) is 12.8 Å². The third-order valence-electron chi connectivity index (χ3n) is 1.40. The van der Waals surface area contributed by atoms with Crippen LogP contribution >= 0.6 is 11.6 Å². The molecule has 0 aliphatic rings. The van der Waals surface area contributed by atoms with E-state index in [1.54, 1.807) is 0 Å². The molecule has 0 saturated carbocycles. The number of rotatable bonds is 1. The topological polar surface area (TPSA) is 62.7 Å². The number of nitriles is 1. The highest BCUT2D eigenvalue weighted by atomic mass is 35.5. The minimum atomic E-state index is 0.146. The van der Waals surface area contributed by atoms with Crippen LogP contribution in [0, 0.1) is 11.3 Å². The van der Waals surface area contributed by atoms with Gasteiger partial charge in [-0.2, -0.15) is 5.26 Å². The predicted octanol–water partition coefficient (Wildman–Crippen LogP) is -0.141. The highest BCUT2D eigenvalue weighted by Crippen LogP contribution is 2.10. The maximum atomic E-state index is 8.55. The zero-order chi connectivity index (χ0) is 9.14. The van der Waals surface area contributed by atoms with Crippen LogP contribution in [0.15, 0.2) is 6.07 Å². The third-order valence-corrected chi connectivity index (χ3v) is 1.69. The van der Waals surface area contributed by atoms with Crippen molar-refractivity contribution in [1.29, 1.82) is 5.26 Å². The van der Waals surface area contributed by atoms with Crippen molar-refractivity contribution in [2.75, 3.05) is 0 Å². The molecule has 0 aliphatic carbocycles. The summed E-state index contributed by atoms with van der Waals surface area (Å²) in [7, 11) is 5.52. The van der Waals surface area contributed by atoms with Gasteiger partial charge in [-0.05, 0) is 6.07 Å². The van der Waals surface area contributed by atoms with E-state index in [9.17, 15) is 0 Å². The second-order valence-corrected chi connectivity index (χ2v) is 2.54. The van der Waals surface area contributed by atoms with Crippen molar-refractivity contribution in [2.45, 2.75) is 6.54 Å². The molecule has 2 radical (unpaired) electrons. The van der Waals surface area contributed by atoms with Gasteiger partial charge in [-0.3, -0.25) is 0 Å². The second kappa shape index (κ2) is 3.57. The van der Waals surface area contributed by atoms with E-state index in [-0.39, 0.29) is 17.3 Å². The van der Waals surface area contributed by atoms with Gasteiger partial charge >= 0.3 is 0 Å². The van der Waals surface area contributed by atoms with Crippen molar-refractivity contribution in [3.05, 3.63) is 22.5 Å². The van der Waals surface area contributed by atoms with E-state index < -0.39 is 0 Å². The molecule has 1 aromatic rings. The van der Waals surface area contributed by atoms with E-state index in [1.807, 2.05) is 6.07 Å². The first-order chi connectivity index (χ1) is 5.69. The molecule has 0 atom stereocenters. The number of nitrogens with two attached hydrogens (primary N) is 1. The fourth-order valence-electron chi connectivity index (χ4n) is 0.784. The summed E-state index contributed by atoms with van der Waals surface area (Å²) in [4.78, 5) is 3.85. The van der Waals surface area contributed by atoms with Crippen LogP contribution in [0.2, 0.25) is 5.15 Å². The Kier molecular flexibility index (Phi) is 2.69. The monoisotopic (exact) mass is 177 g/mol. The molecular formula is C7H5BClN3. The first-order valence-corrected chi connectivity index (χ1v) is 3.62. The zero-order valence-corrected chi connectivity index (χ0v) is 6.97. The Labute approximate surface area is 76.6 Å². The highest BCUT2D eigenvalue weighted by molar-refractivity contribution is 6.35. The van der Waals surface area contributed by atoms with Crippen LogP contribution in [0.25, 0.3) is 0 Å². The Morgan fingerprint density at radius 3 is 2.92 bits per heavy atom. The van der Waals surface area contributed by atoms with E-state index in [1.165, 1.54) is 6.07 Å². The number of hydrogen-bond donors (Lipinski definition) is 1.